The number of alkyl carbamates (subject to hydrolysis) is 1. The minimum atomic E-state index is -0.442. The molecule has 0 aromatic heterocycles. The highest BCUT2D eigenvalue weighted by molar-refractivity contribution is 5.67. The second-order valence-electron chi connectivity index (χ2n) is 5.76. The third kappa shape index (κ3) is 7.02. The lowest BCUT2D eigenvalue weighted by atomic mass is 10.1. The highest BCUT2D eigenvalue weighted by Crippen LogP contribution is 2.10. The van der Waals surface area contributed by atoms with Gasteiger partial charge in [0, 0.05) is 18.8 Å². The molecule has 0 saturated carbocycles. The molecule has 0 aliphatic rings. The molecule has 0 aliphatic carbocycles. The highest BCUT2D eigenvalue weighted by Gasteiger charge is 2.15. The van der Waals surface area contributed by atoms with Crippen LogP contribution >= 0.6 is 0 Å². The molecule has 0 atom stereocenters. The summed E-state index contributed by atoms with van der Waals surface area (Å²) < 4.78 is 5.16. The molecule has 1 aromatic rings. The number of nitrogens with one attached hydrogen (secondary N) is 2. The number of ether oxygens (including phenoxy) is 1. The van der Waals surface area contributed by atoms with E-state index in [0.29, 0.717) is 6.54 Å². The number of amides is 1. The molecule has 0 aliphatic heterocycles. The van der Waals surface area contributed by atoms with Gasteiger partial charge >= 0.3 is 6.09 Å². The maximum Gasteiger partial charge on any atom is 0.407 e. The van der Waals surface area contributed by atoms with Gasteiger partial charge in [0.15, 0.2) is 0 Å². The number of anilines is 1. The molecule has 1 rings (SSSR count). The lowest BCUT2D eigenvalue weighted by Gasteiger charge is -2.19. The third-order valence-corrected chi connectivity index (χ3v) is 2.69. The molecule has 4 heteroatoms. The predicted molar refractivity (Wildman–Crippen MR) is 83.2 cm³/mol. The van der Waals surface area contributed by atoms with Crippen molar-refractivity contribution in [2.45, 2.75) is 46.1 Å². The SMILES string of the molecule is CCc1cccc(NCCCNC(=O)OC(C)(C)C)c1. The second-order valence-corrected chi connectivity index (χ2v) is 5.76. The van der Waals surface area contributed by atoms with E-state index in [9.17, 15) is 4.79 Å². The number of hydrogen-bond donors (Lipinski definition) is 2. The largest absolute Gasteiger partial charge is 0.444 e. The van der Waals surface area contributed by atoms with E-state index >= 15 is 0 Å². The molecular formula is C16H26N2O2. The van der Waals surface area contributed by atoms with Crippen LogP contribution in [0.15, 0.2) is 24.3 Å². The Bertz CT molecular complexity index is 425. The molecule has 0 bridgehead atoms. The molecule has 20 heavy (non-hydrogen) atoms. The molecule has 0 fully saturated rings. The number of carbonyl (C=O) groups excluding carboxylic acids is 1. The Kier molecular flexibility index (Phi) is 6.36. The van der Waals surface area contributed by atoms with Crippen LogP contribution < -0.4 is 10.6 Å². The summed E-state index contributed by atoms with van der Waals surface area (Å²) in [6, 6.07) is 8.39. The van der Waals surface area contributed by atoms with Gasteiger partial charge in [-0.2, -0.15) is 0 Å². The van der Waals surface area contributed by atoms with E-state index in [2.05, 4.69) is 41.8 Å². The van der Waals surface area contributed by atoms with Gasteiger partial charge in [0.2, 0.25) is 0 Å². The van der Waals surface area contributed by atoms with Crippen LogP contribution in [-0.4, -0.2) is 24.8 Å². The van der Waals surface area contributed by atoms with Gasteiger partial charge in [-0.15, -0.1) is 0 Å². The first kappa shape index (κ1) is 16.3. The van der Waals surface area contributed by atoms with Gasteiger partial charge in [-0.1, -0.05) is 19.1 Å². The predicted octanol–water partition coefficient (Wildman–Crippen LogP) is 3.58. The summed E-state index contributed by atoms with van der Waals surface area (Å²) in [4.78, 5) is 11.4. The van der Waals surface area contributed by atoms with Gasteiger partial charge in [0.25, 0.3) is 0 Å². The summed E-state index contributed by atoms with van der Waals surface area (Å²) in [5.74, 6) is 0. The molecule has 4 nitrogen and oxygen atoms in total. The summed E-state index contributed by atoms with van der Waals surface area (Å²) in [6.07, 6.45) is 1.54. The van der Waals surface area contributed by atoms with E-state index in [0.717, 1.165) is 25.1 Å². The molecule has 112 valence electrons. The van der Waals surface area contributed by atoms with Gasteiger partial charge in [0.05, 0.1) is 0 Å². The molecule has 0 unspecified atom stereocenters. The van der Waals surface area contributed by atoms with Gasteiger partial charge < -0.3 is 15.4 Å². The molecule has 1 aromatic carbocycles. The second kappa shape index (κ2) is 7.78. The van der Waals surface area contributed by atoms with Crippen LogP contribution in [-0.2, 0) is 11.2 Å². The average Bonchev–Trinajstić information content (AvgIpc) is 2.36. The van der Waals surface area contributed by atoms with E-state index in [1.807, 2.05) is 20.8 Å². The highest BCUT2D eigenvalue weighted by atomic mass is 16.6. The smallest absolute Gasteiger partial charge is 0.407 e. The molecule has 0 radical (unpaired) electrons. The van der Waals surface area contributed by atoms with Crippen molar-refractivity contribution in [2.24, 2.45) is 0 Å². The van der Waals surface area contributed by atoms with Gasteiger partial charge in [-0.05, 0) is 51.3 Å². The normalized spacial score (nSPS) is 11.0. The molecular weight excluding hydrogens is 252 g/mol. The summed E-state index contributed by atoms with van der Waals surface area (Å²) in [6.45, 7) is 9.14. The number of rotatable bonds is 6. The van der Waals surface area contributed by atoms with Crippen molar-refractivity contribution in [3.63, 3.8) is 0 Å². The first-order valence-corrected chi connectivity index (χ1v) is 7.20. The van der Waals surface area contributed by atoms with Gasteiger partial charge in [-0.25, -0.2) is 4.79 Å². The van der Waals surface area contributed by atoms with Crippen LogP contribution in [0.25, 0.3) is 0 Å². The zero-order valence-electron chi connectivity index (χ0n) is 13.0. The summed E-state index contributed by atoms with van der Waals surface area (Å²) in [7, 11) is 0. The summed E-state index contributed by atoms with van der Waals surface area (Å²) in [5.41, 5.74) is 2.01. The van der Waals surface area contributed by atoms with E-state index in [1.165, 1.54) is 5.56 Å². The van der Waals surface area contributed by atoms with Crippen LogP contribution in [0.4, 0.5) is 10.5 Å². The Labute approximate surface area is 121 Å². The average molecular weight is 278 g/mol. The fourth-order valence-corrected chi connectivity index (χ4v) is 1.73. The van der Waals surface area contributed by atoms with Crippen molar-refractivity contribution in [3.05, 3.63) is 29.8 Å². The Morgan fingerprint density at radius 2 is 2.00 bits per heavy atom. The van der Waals surface area contributed by atoms with Crippen LogP contribution in [0.1, 0.15) is 39.7 Å². The minimum absolute atomic E-state index is 0.356. The van der Waals surface area contributed by atoms with Crippen LogP contribution in [0.3, 0.4) is 0 Å². The number of benzene rings is 1. The van der Waals surface area contributed by atoms with E-state index in [4.69, 9.17) is 4.74 Å². The van der Waals surface area contributed by atoms with E-state index < -0.39 is 5.60 Å². The summed E-state index contributed by atoms with van der Waals surface area (Å²) in [5, 5.41) is 6.10. The fourth-order valence-electron chi connectivity index (χ4n) is 1.73. The molecule has 0 heterocycles. The Morgan fingerprint density at radius 3 is 2.65 bits per heavy atom. The number of hydrogen-bond acceptors (Lipinski definition) is 3. The van der Waals surface area contributed by atoms with Crippen molar-refractivity contribution in [1.82, 2.24) is 5.32 Å². The van der Waals surface area contributed by atoms with E-state index in [1.54, 1.807) is 0 Å². The quantitative estimate of drug-likeness (QED) is 0.782. The number of carbonyl (C=O) groups is 1. The van der Waals surface area contributed by atoms with Crippen molar-refractivity contribution < 1.29 is 9.53 Å². The van der Waals surface area contributed by atoms with Gasteiger partial charge in [-0.3, -0.25) is 0 Å². The standard InChI is InChI=1S/C16H26N2O2/c1-5-13-8-6-9-14(12-13)17-10-7-11-18-15(19)20-16(2,3)4/h6,8-9,12,17H,5,7,10-11H2,1-4H3,(H,18,19). The van der Waals surface area contributed by atoms with E-state index in [-0.39, 0.29) is 6.09 Å². The zero-order chi connectivity index (χ0) is 15.0. The maximum absolute atomic E-state index is 11.4. The summed E-state index contributed by atoms with van der Waals surface area (Å²) >= 11 is 0. The Hall–Kier alpha value is -1.71. The van der Waals surface area contributed by atoms with Gasteiger partial charge in [0.1, 0.15) is 5.60 Å². The van der Waals surface area contributed by atoms with Crippen LogP contribution in [0.2, 0.25) is 0 Å². The Balaban J connectivity index is 2.17. The third-order valence-electron chi connectivity index (χ3n) is 2.69. The first-order valence-electron chi connectivity index (χ1n) is 7.20. The lowest BCUT2D eigenvalue weighted by molar-refractivity contribution is 0.0528. The van der Waals surface area contributed by atoms with Crippen molar-refractivity contribution >= 4 is 11.8 Å². The lowest BCUT2D eigenvalue weighted by Crippen LogP contribution is -2.33. The number of aryl methyl sites for hydroxylation is 1. The van der Waals surface area contributed by atoms with Crippen molar-refractivity contribution in [3.8, 4) is 0 Å². The molecule has 0 spiro atoms. The minimum Gasteiger partial charge on any atom is -0.444 e. The molecule has 2 N–H and O–H groups in total. The van der Waals surface area contributed by atoms with Crippen molar-refractivity contribution in [1.29, 1.82) is 0 Å². The fraction of sp³-hybridized carbons (Fsp3) is 0.562. The monoisotopic (exact) mass is 278 g/mol. The molecule has 0 saturated heterocycles. The Morgan fingerprint density at radius 1 is 1.25 bits per heavy atom. The maximum atomic E-state index is 11.4. The first-order chi connectivity index (χ1) is 9.40. The zero-order valence-corrected chi connectivity index (χ0v) is 13.0. The van der Waals surface area contributed by atoms with Crippen LogP contribution in [0.5, 0.6) is 0 Å². The topological polar surface area (TPSA) is 50.4 Å². The van der Waals surface area contributed by atoms with Crippen molar-refractivity contribution in [2.75, 3.05) is 18.4 Å². The van der Waals surface area contributed by atoms with Crippen LogP contribution in [0, 0.1) is 0 Å². The molecule has 1 amide bonds.